The van der Waals surface area contributed by atoms with Gasteiger partial charge in [0, 0.05) is 12.8 Å². The molecule has 21 heavy (non-hydrogen) atoms. The molecule has 0 aliphatic rings. The van der Waals surface area contributed by atoms with Crippen LogP contribution in [-0.2, 0) is 21.2 Å². The summed E-state index contributed by atoms with van der Waals surface area (Å²) in [6.07, 6.45) is 2.29. The Hall–Kier alpha value is -2.22. The number of hydrogen-bond donors (Lipinski definition) is 1. The molecule has 0 fully saturated rings. The van der Waals surface area contributed by atoms with Gasteiger partial charge >= 0.3 is 0 Å². The van der Waals surface area contributed by atoms with Crippen LogP contribution in [0, 0.1) is 5.82 Å². The fourth-order valence-corrected chi connectivity index (χ4v) is 2.21. The Bertz CT molecular complexity index is 755. The molecule has 0 bridgehead atoms. The minimum atomic E-state index is -3.57. The number of aromatic nitrogens is 1. The van der Waals surface area contributed by atoms with Crippen molar-refractivity contribution >= 4 is 15.9 Å². The second-order valence-corrected chi connectivity index (χ2v) is 6.14. The van der Waals surface area contributed by atoms with Gasteiger partial charge < -0.3 is 4.42 Å². The summed E-state index contributed by atoms with van der Waals surface area (Å²) in [6.45, 7) is 0. The molecule has 2 rings (SSSR count). The molecule has 8 heteroatoms. The van der Waals surface area contributed by atoms with Crippen molar-refractivity contribution in [3.63, 3.8) is 0 Å². The third-order valence-corrected chi connectivity index (χ3v) is 3.16. The average Bonchev–Trinajstić information content (AvgIpc) is 2.83. The highest BCUT2D eigenvalue weighted by Crippen LogP contribution is 2.23. The molecule has 1 aromatic heterocycles. The van der Waals surface area contributed by atoms with Crippen molar-refractivity contribution in [2.45, 2.75) is 12.8 Å². The van der Waals surface area contributed by atoms with Gasteiger partial charge in [0.25, 0.3) is 0 Å². The van der Waals surface area contributed by atoms with Crippen molar-refractivity contribution < 1.29 is 22.0 Å². The van der Waals surface area contributed by atoms with Gasteiger partial charge in [0.15, 0.2) is 11.7 Å². The van der Waals surface area contributed by atoms with E-state index in [1.54, 1.807) is 18.2 Å². The minimum absolute atomic E-state index is 0.0930. The van der Waals surface area contributed by atoms with Gasteiger partial charge in [-0.1, -0.05) is 12.1 Å². The van der Waals surface area contributed by atoms with E-state index in [-0.39, 0.29) is 30.1 Å². The highest BCUT2D eigenvalue weighted by molar-refractivity contribution is 7.89. The van der Waals surface area contributed by atoms with E-state index in [0.717, 1.165) is 6.26 Å². The van der Waals surface area contributed by atoms with E-state index in [1.807, 2.05) is 4.72 Å². The number of halogens is 1. The predicted molar refractivity (Wildman–Crippen MR) is 73.2 cm³/mol. The van der Waals surface area contributed by atoms with Crippen LogP contribution in [0.1, 0.15) is 12.3 Å². The van der Waals surface area contributed by atoms with Crippen LogP contribution in [0.5, 0.6) is 0 Å². The standard InChI is InChI=1S/C13H13FN2O4S/c1-21(18,19)16-12(17)6-7-13-15-8-11(20-13)9-4-2-3-5-10(9)14/h2-5,8H,6-7H2,1H3,(H,16,17). The summed E-state index contributed by atoms with van der Waals surface area (Å²) in [4.78, 5) is 15.3. The van der Waals surface area contributed by atoms with Gasteiger partial charge in [-0.15, -0.1) is 0 Å². The zero-order chi connectivity index (χ0) is 15.5. The summed E-state index contributed by atoms with van der Waals surface area (Å²) in [5, 5.41) is 0. The van der Waals surface area contributed by atoms with Crippen LogP contribution < -0.4 is 4.72 Å². The molecule has 2 aromatic rings. The molecule has 0 spiro atoms. The maximum Gasteiger partial charge on any atom is 0.233 e. The lowest BCUT2D eigenvalue weighted by molar-refractivity contribution is -0.119. The Morgan fingerprint density at radius 2 is 2.10 bits per heavy atom. The first-order valence-electron chi connectivity index (χ1n) is 6.05. The summed E-state index contributed by atoms with van der Waals surface area (Å²) < 4.78 is 42.5. The number of amides is 1. The maximum absolute atomic E-state index is 13.6. The minimum Gasteiger partial charge on any atom is -0.441 e. The molecule has 0 aliphatic carbocycles. The van der Waals surface area contributed by atoms with Crippen molar-refractivity contribution in [2.75, 3.05) is 6.26 Å². The van der Waals surface area contributed by atoms with E-state index in [2.05, 4.69) is 4.98 Å². The van der Waals surface area contributed by atoms with Crippen molar-refractivity contribution in [3.8, 4) is 11.3 Å². The highest BCUT2D eigenvalue weighted by atomic mass is 32.2. The molecule has 1 amide bonds. The van der Waals surface area contributed by atoms with Crippen molar-refractivity contribution in [1.82, 2.24) is 9.71 Å². The summed E-state index contributed by atoms with van der Waals surface area (Å²) in [7, 11) is -3.57. The molecule has 0 radical (unpaired) electrons. The molecule has 0 saturated heterocycles. The van der Waals surface area contributed by atoms with Gasteiger partial charge in [-0.3, -0.25) is 9.52 Å². The predicted octanol–water partition coefficient (Wildman–Crippen LogP) is 1.49. The van der Waals surface area contributed by atoms with Gasteiger partial charge in [0.05, 0.1) is 18.0 Å². The first kappa shape index (κ1) is 15.2. The van der Waals surface area contributed by atoms with Gasteiger partial charge in [-0.25, -0.2) is 17.8 Å². The lowest BCUT2D eigenvalue weighted by Gasteiger charge is -2.00. The monoisotopic (exact) mass is 312 g/mol. The lowest BCUT2D eigenvalue weighted by Crippen LogP contribution is -2.29. The Morgan fingerprint density at radius 1 is 1.38 bits per heavy atom. The van der Waals surface area contributed by atoms with Gasteiger partial charge in [0.2, 0.25) is 15.9 Å². The van der Waals surface area contributed by atoms with Crippen LogP contribution >= 0.6 is 0 Å². The quantitative estimate of drug-likeness (QED) is 0.903. The lowest BCUT2D eigenvalue weighted by atomic mass is 10.2. The van der Waals surface area contributed by atoms with Crippen molar-refractivity contribution in [2.24, 2.45) is 0 Å². The second-order valence-electron chi connectivity index (χ2n) is 4.40. The van der Waals surface area contributed by atoms with Crippen LogP contribution in [0.2, 0.25) is 0 Å². The molecule has 0 saturated carbocycles. The number of benzene rings is 1. The average molecular weight is 312 g/mol. The number of aryl methyl sites for hydroxylation is 1. The fraction of sp³-hybridized carbons (Fsp3) is 0.231. The molecule has 0 atom stereocenters. The number of hydrogen-bond acceptors (Lipinski definition) is 5. The summed E-state index contributed by atoms with van der Waals surface area (Å²) in [6, 6.07) is 6.08. The molecular formula is C13H13FN2O4S. The smallest absolute Gasteiger partial charge is 0.233 e. The van der Waals surface area contributed by atoms with Crippen LogP contribution in [0.3, 0.4) is 0 Å². The first-order valence-corrected chi connectivity index (χ1v) is 7.94. The first-order chi connectivity index (χ1) is 9.85. The molecule has 0 unspecified atom stereocenters. The number of sulfonamides is 1. The van der Waals surface area contributed by atoms with E-state index >= 15 is 0 Å². The molecule has 6 nitrogen and oxygen atoms in total. The number of rotatable bonds is 5. The molecular weight excluding hydrogens is 299 g/mol. The Morgan fingerprint density at radius 3 is 2.76 bits per heavy atom. The zero-order valence-electron chi connectivity index (χ0n) is 11.2. The second kappa shape index (κ2) is 6.04. The van der Waals surface area contributed by atoms with E-state index in [4.69, 9.17) is 4.42 Å². The fourth-order valence-electron chi connectivity index (χ4n) is 1.69. The van der Waals surface area contributed by atoms with Gasteiger partial charge in [-0.2, -0.15) is 0 Å². The summed E-state index contributed by atoms with van der Waals surface area (Å²) >= 11 is 0. The summed E-state index contributed by atoms with van der Waals surface area (Å²) in [5.74, 6) is -0.596. The van der Waals surface area contributed by atoms with Crippen LogP contribution in [0.25, 0.3) is 11.3 Å². The summed E-state index contributed by atoms with van der Waals surface area (Å²) in [5.41, 5.74) is 0.275. The largest absolute Gasteiger partial charge is 0.441 e. The number of carbonyl (C=O) groups is 1. The van der Waals surface area contributed by atoms with E-state index in [0.29, 0.717) is 0 Å². The number of carbonyl (C=O) groups excluding carboxylic acids is 1. The highest BCUT2D eigenvalue weighted by Gasteiger charge is 2.13. The SMILES string of the molecule is CS(=O)(=O)NC(=O)CCc1ncc(-c2ccccc2F)o1. The van der Waals surface area contributed by atoms with E-state index in [1.165, 1.54) is 12.3 Å². The molecule has 1 heterocycles. The zero-order valence-corrected chi connectivity index (χ0v) is 12.0. The van der Waals surface area contributed by atoms with E-state index in [9.17, 15) is 17.6 Å². The Kier molecular flexibility index (Phi) is 4.37. The maximum atomic E-state index is 13.6. The number of nitrogens with one attached hydrogen (secondary N) is 1. The molecule has 1 aromatic carbocycles. The van der Waals surface area contributed by atoms with E-state index < -0.39 is 21.7 Å². The normalized spacial score (nSPS) is 11.3. The Balaban J connectivity index is 2.01. The topological polar surface area (TPSA) is 89.3 Å². The van der Waals surface area contributed by atoms with Crippen LogP contribution in [0.4, 0.5) is 4.39 Å². The number of nitrogens with zero attached hydrogens (tertiary/aromatic N) is 1. The Labute approximate surface area is 121 Å². The van der Waals surface area contributed by atoms with Crippen molar-refractivity contribution in [1.29, 1.82) is 0 Å². The number of oxazole rings is 1. The van der Waals surface area contributed by atoms with Gasteiger partial charge in [0.1, 0.15) is 5.82 Å². The van der Waals surface area contributed by atoms with Gasteiger partial charge in [-0.05, 0) is 12.1 Å². The van der Waals surface area contributed by atoms with Crippen LogP contribution in [-0.4, -0.2) is 25.6 Å². The third kappa shape index (κ3) is 4.38. The molecule has 112 valence electrons. The molecule has 0 aliphatic heterocycles. The third-order valence-electron chi connectivity index (χ3n) is 2.56. The van der Waals surface area contributed by atoms with Crippen molar-refractivity contribution in [3.05, 3.63) is 42.2 Å². The molecule has 1 N–H and O–H groups in total. The van der Waals surface area contributed by atoms with Crippen LogP contribution in [0.15, 0.2) is 34.9 Å².